The maximum atomic E-state index is 5.10. The van der Waals surface area contributed by atoms with Crippen molar-refractivity contribution in [3.05, 3.63) is 152 Å². The topological polar surface area (TPSA) is 56.5 Å². The highest BCUT2D eigenvalue weighted by molar-refractivity contribution is 6.09. The van der Waals surface area contributed by atoms with Gasteiger partial charge in [0.2, 0.25) is 0 Å². The van der Waals surface area contributed by atoms with Crippen LogP contribution in [0.2, 0.25) is 0 Å². The van der Waals surface area contributed by atoms with Crippen molar-refractivity contribution in [1.29, 1.82) is 0 Å². The van der Waals surface area contributed by atoms with Crippen LogP contribution in [0.25, 0.3) is 83.2 Å². The molecule has 45 heavy (non-hydrogen) atoms. The first-order valence-electron chi connectivity index (χ1n) is 15.0. The molecule has 210 valence electrons. The lowest BCUT2D eigenvalue weighted by atomic mass is 9.99. The molecule has 5 heteroatoms. The summed E-state index contributed by atoms with van der Waals surface area (Å²) in [7, 11) is 0. The molecule has 0 saturated carbocycles. The Morgan fingerprint density at radius 1 is 0.400 bits per heavy atom. The summed E-state index contributed by atoms with van der Waals surface area (Å²) >= 11 is 0. The highest BCUT2D eigenvalue weighted by Crippen LogP contribution is 2.32. The summed E-state index contributed by atoms with van der Waals surface area (Å²) in [4.78, 5) is 19.6. The first kappa shape index (κ1) is 25.3. The van der Waals surface area contributed by atoms with Crippen molar-refractivity contribution < 1.29 is 0 Å². The van der Waals surface area contributed by atoms with Gasteiger partial charge in [0, 0.05) is 28.7 Å². The van der Waals surface area contributed by atoms with Crippen molar-refractivity contribution in [2.75, 3.05) is 0 Å². The fourth-order valence-electron chi connectivity index (χ4n) is 6.38. The Morgan fingerprint density at radius 3 is 1.87 bits per heavy atom. The van der Waals surface area contributed by atoms with Gasteiger partial charge in [-0.3, -0.25) is 9.55 Å². The largest absolute Gasteiger partial charge is 0.294 e. The maximum Gasteiger partial charge on any atom is 0.138 e. The van der Waals surface area contributed by atoms with Crippen molar-refractivity contribution in [1.82, 2.24) is 24.5 Å². The van der Waals surface area contributed by atoms with Gasteiger partial charge in [-0.25, -0.2) is 15.0 Å². The number of hydrogen-bond donors (Lipinski definition) is 0. The summed E-state index contributed by atoms with van der Waals surface area (Å²) in [5.74, 6) is 0.835. The van der Waals surface area contributed by atoms with Gasteiger partial charge in [-0.2, -0.15) is 0 Å². The highest BCUT2D eigenvalue weighted by Gasteiger charge is 2.14. The predicted octanol–water partition coefficient (Wildman–Crippen LogP) is 9.67. The molecule has 0 spiro atoms. The van der Waals surface area contributed by atoms with Crippen LogP contribution < -0.4 is 0 Å². The van der Waals surface area contributed by atoms with Crippen molar-refractivity contribution in [2.24, 2.45) is 0 Å². The van der Waals surface area contributed by atoms with Crippen molar-refractivity contribution in [3.63, 3.8) is 0 Å². The van der Waals surface area contributed by atoms with Crippen molar-refractivity contribution in [2.45, 2.75) is 0 Å². The molecule has 5 aromatic heterocycles. The second kappa shape index (κ2) is 10.2. The van der Waals surface area contributed by atoms with Crippen molar-refractivity contribution >= 4 is 43.4 Å². The van der Waals surface area contributed by atoms with Crippen LogP contribution in [0.4, 0.5) is 0 Å². The minimum Gasteiger partial charge on any atom is -0.294 e. The summed E-state index contributed by atoms with van der Waals surface area (Å²) in [6.45, 7) is 0. The molecule has 0 aliphatic rings. The third kappa shape index (κ3) is 4.25. The van der Waals surface area contributed by atoms with Gasteiger partial charge in [-0.05, 0) is 76.1 Å². The molecule has 0 aliphatic carbocycles. The van der Waals surface area contributed by atoms with E-state index in [9.17, 15) is 0 Å². The van der Waals surface area contributed by atoms with Crippen LogP contribution in [0.5, 0.6) is 0 Å². The monoisotopic (exact) mass is 575 g/mol. The molecular weight excluding hydrogens is 550 g/mol. The number of rotatable bonds is 4. The van der Waals surface area contributed by atoms with Crippen molar-refractivity contribution in [3.8, 4) is 39.9 Å². The van der Waals surface area contributed by atoms with E-state index >= 15 is 0 Å². The van der Waals surface area contributed by atoms with Gasteiger partial charge in [0.1, 0.15) is 5.82 Å². The molecule has 5 nitrogen and oxygen atoms in total. The standard InChI is InChI=1S/C40H25N5/c1-2-9-29-26(8-1)18-19-27-24-28(20-21-30(27)29)33-11-5-12-34(42-33)35-13-6-14-36(43-35)37-15-7-17-40(44-37)45-38-16-4-3-10-31(38)32-25-41-23-22-39(32)45/h1-25H. The maximum absolute atomic E-state index is 5.10. The minimum absolute atomic E-state index is 0.793. The Labute approximate surface area is 259 Å². The van der Waals surface area contributed by atoms with E-state index in [-0.39, 0.29) is 0 Å². The Bertz CT molecular complexity index is 2510. The van der Waals surface area contributed by atoms with Gasteiger partial charge in [-0.1, -0.05) is 84.9 Å². The Hall–Kier alpha value is -6.20. The number of benzene rings is 4. The highest BCUT2D eigenvalue weighted by atomic mass is 15.1. The van der Waals surface area contributed by atoms with Crippen LogP contribution >= 0.6 is 0 Å². The van der Waals surface area contributed by atoms with E-state index in [4.69, 9.17) is 15.0 Å². The first-order valence-corrected chi connectivity index (χ1v) is 15.0. The summed E-state index contributed by atoms with van der Waals surface area (Å²) in [6.07, 6.45) is 3.75. The van der Waals surface area contributed by atoms with Crippen LogP contribution in [-0.4, -0.2) is 24.5 Å². The Kier molecular flexibility index (Phi) is 5.74. The van der Waals surface area contributed by atoms with E-state index in [0.29, 0.717) is 0 Å². The van der Waals surface area contributed by atoms with Crippen LogP contribution in [0.3, 0.4) is 0 Å². The Morgan fingerprint density at radius 2 is 1.02 bits per heavy atom. The summed E-state index contributed by atoms with van der Waals surface area (Å²) in [6, 6.07) is 48.1. The second-order valence-electron chi connectivity index (χ2n) is 11.2. The molecule has 0 fully saturated rings. The molecule has 0 radical (unpaired) electrons. The minimum atomic E-state index is 0.793. The van der Waals surface area contributed by atoms with E-state index in [2.05, 4.69) is 94.5 Å². The number of pyridine rings is 4. The van der Waals surface area contributed by atoms with Gasteiger partial charge >= 0.3 is 0 Å². The average molecular weight is 576 g/mol. The lowest BCUT2D eigenvalue weighted by molar-refractivity contribution is 1.07. The predicted molar refractivity (Wildman–Crippen MR) is 183 cm³/mol. The van der Waals surface area contributed by atoms with E-state index in [1.54, 1.807) is 0 Å². The fraction of sp³-hybridized carbons (Fsp3) is 0. The average Bonchev–Trinajstić information content (AvgIpc) is 3.46. The summed E-state index contributed by atoms with van der Waals surface area (Å²) < 4.78 is 2.19. The van der Waals surface area contributed by atoms with E-state index in [1.165, 1.54) is 21.5 Å². The number of hydrogen-bond acceptors (Lipinski definition) is 4. The van der Waals surface area contributed by atoms with Gasteiger partial charge in [0.05, 0.1) is 39.5 Å². The molecule has 4 aromatic carbocycles. The lowest BCUT2D eigenvalue weighted by Crippen LogP contribution is -1.99. The van der Waals surface area contributed by atoms with E-state index < -0.39 is 0 Å². The zero-order valence-corrected chi connectivity index (χ0v) is 24.2. The zero-order valence-electron chi connectivity index (χ0n) is 24.2. The first-order chi connectivity index (χ1) is 22.3. The number of nitrogens with zero attached hydrogens (tertiary/aromatic N) is 5. The number of aromatic nitrogens is 5. The molecular formula is C40H25N5. The molecule has 0 unspecified atom stereocenters. The third-order valence-electron chi connectivity index (χ3n) is 8.50. The number of para-hydroxylation sites is 1. The van der Waals surface area contributed by atoms with Gasteiger partial charge in [-0.15, -0.1) is 0 Å². The van der Waals surface area contributed by atoms with Crippen LogP contribution in [0.1, 0.15) is 0 Å². The quantitative estimate of drug-likeness (QED) is 0.196. The van der Waals surface area contributed by atoms with E-state index in [1.807, 2.05) is 67.0 Å². The zero-order chi connectivity index (χ0) is 29.7. The third-order valence-corrected chi connectivity index (χ3v) is 8.50. The molecule has 0 atom stereocenters. The van der Waals surface area contributed by atoms with Crippen LogP contribution in [-0.2, 0) is 0 Å². The van der Waals surface area contributed by atoms with Gasteiger partial charge in [0.25, 0.3) is 0 Å². The molecule has 5 heterocycles. The molecule has 9 aromatic rings. The second-order valence-corrected chi connectivity index (χ2v) is 11.2. The lowest BCUT2D eigenvalue weighted by Gasteiger charge is -2.10. The summed E-state index contributed by atoms with van der Waals surface area (Å²) in [5, 5.41) is 7.21. The molecule has 0 aliphatic heterocycles. The van der Waals surface area contributed by atoms with Gasteiger partial charge in [0.15, 0.2) is 0 Å². The van der Waals surface area contributed by atoms with Crippen LogP contribution in [0, 0.1) is 0 Å². The Balaban J connectivity index is 1.10. The van der Waals surface area contributed by atoms with E-state index in [0.717, 1.165) is 61.7 Å². The molecule has 0 N–H and O–H groups in total. The molecule has 9 rings (SSSR count). The molecule has 0 saturated heterocycles. The van der Waals surface area contributed by atoms with Gasteiger partial charge < -0.3 is 0 Å². The fourth-order valence-corrected chi connectivity index (χ4v) is 6.38. The SMILES string of the molecule is c1cc(-c2ccc3c(ccc4ccccc43)c2)nc(-c2cccc(-c3cccc(-n4c5ccccc5c5cnccc54)n3)n2)c1. The summed E-state index contributed by atoms with van der Waals surface area (Å²) in [5.41, 5.74) is 7.36. The normalized spacial score (nSPS) is 11.6. The van der Waals surface area contributed by atoms with Crippen LogP contribution in [0.15, 0.2) is 152 Å². The molecule has 0 amide bonds. The number of fused-ring (bicyclic) bond motifs is 6. The smallest absolute Gasteiger partial charge is 0.138 e. The molecule has 0 bridgehead atoms.